The Morgan fingerprint density at radius 3 is 2.62 bits per heavy atom. The van der Waals surface area contributed by atoms with Crippen LogP contribution in [0.15, 0.2) is 58.4 Å². The molecule has 0 aliphatic carbocycles. The first-order chi connectivity index (χ1) is 12.4. The molecule has 8 nitrogen and oxygen atoms in total. The van der Waals surface area contributed by atoms with Crippen LogP contribution >= 0.6 is 0 Å². The fourth-order valence-corrected chi connectivity index (χ4v) is 3.59. The number of hydrogen-bond donors (Lipinski definition) is 2. The molecule has 0 saturated heterocycles. The van der Waals surface area contributed by atoms with Gasteiger partial charge < -0.3 is 9.72 Å². The van der Waals surface area contributed by atoms with Crippen LogP contribution in [0.4, 0.5) is 5.69 Å². The molecule has 9 heteroatoms. The normalized spacial score (nSPS) is 11.3. The van der Waals surface area contributed by atoms with Crippen LogP contribution in [0.1, 0.15) is 17.3 Å². The first-order valence-electron chi connectivity index (χ1n) is 7.69. The number of hydrogen-bond acceptors (Lipinski definition) is 6. The van der Waals surface area contributed by atoms with Gasteiger partial charge in [-0.15, -0.1) is 0 Å². The maximum atomic E-state index is 12.7. The summed E-state index contributed by atoms with van der Waals surface area (Å²) in [6, 6.07) is 10.3. The molecule has 0 aliphatic rings. The van der Waals surface area contributed by atoms with Gasteiger partial charge in [0.15, 0.2) is 0 Å². The molecule has 1 aromatic heterocycles. The van der Waals surface area contributed by atoms with Crippen LogP contribution in [-0.4, -0.2) is 31.0 Å². The highest BCUT2D eigenvalue weighted by Gasteiger charge is 2.19. The number of para-hydroxylation sites is 1. The number of nitrogens with one attached hydrogen (secondary N) is 2. The number of fused-ring (bicyclic) bond motifs is 1. The van der Waals surface area contributed by atoms with Crippen LogP contribution in [0.3, 0.4) is 0 Å². The van der Waals surface area contributed by atoms with Crippen molar-refractivity contribution in [3.63, 3.8) is 0 Å². The largest absolute Gasteiger partial charge is 0.462 e. The lowest BCUT2D eigenvalue weighted by molar-refractivity contribution is 0.0526. The quantitative estimate of drug-likeness (QED) is 0.660. The molecule has 2 N–H and O–H groups in total. The highest BCUT2D eigenvalue weighted by Crippen LogP contribution is 2.22. The zero-order valence-corrected chi connectivity index (χ0v) is 14.5. The monoisotopic (exact) mass is 373 g/mol. The molecule has 0 atom stereocenters. The molecule has 134 valence electrons. The topological polar surface area (TPSA) is 118 Å². The maximum absolute atomic E-state index is 12.7. The van der Waals surface area contributed by atoms with Crippen LogP contribution in [0, 0.1) is 0 Å². The molecule has 3 rings (SSSR count). The third-order valence-electron chi connectivity index (χ3n) is 3.51. The number of carbonyl (C=O) groups excluding carboxylic acids is 1. The number of aromatic amines is 1. The van der Waals surface area contributed by atoms with Crippen molar-refractivity contribution in [3.05, 3.63) is 64.6 Å². The van der Waals surface area contributed by atoms with Crippen LogP contribution in [0.5, 0.6) is 0 Å². The summed E-state index contributed by atoms with van der Waals surface area (Å²) in [5, 5.41) is 0. The highest BCUT2D eigenvalue weighted by atomic mass is 32.2. The first-order valence-corrected chi connectivity index (χ1v) is 9.17. The second-order valence-corrected chi connectivity index (χ2v) is 6.95. The molecule has 2 aromatic carbocycles. The van der Waals surface area contributed by atoms with Crippen LogP contribution < -0.4 is 10.3 Å². The van der Waals surface area contributed by atoms with E-state index in [1.165, 1.54) is 36.4 Å². The van der Waals surface area contributed by atoms with E-state index in [-0.39, 0.29) is 22.7 Å². The summed E-state index contributed by atoms with van der Waals surface area (Å²) in [6.45, 7) is 1.95. The predicted molar refractivity (Wildman–Crippen MR) is 95.6 cm³/mol. The highest BCUT2D eigenvalue weighted by molar-refractivity contribution is 7.93. The van der Waals surface area contributed by atoms with E-state index in [9.17, 15) is 18.0 Å². The van der Waals surface area contributed by atoms with Crippen molar-refractivity contribution in [1.82, 2.24) is 9.97 Å². The number of benzene rings is 2. The van der Waals surface area contributed by atoms with Crippen LogP contribution in [-0.2, 0) is 14.8 Å². The second kappa shape index (κ2) is 6.96. The third kappa shape index (κ3) is 3.57. The minimum atomic E-state index is -3.95. The summed E-state index contributed by atoms with van der Waals surface area (Å²) in [5.74, 6) is -0.482. The van der Waals surface area contributed by atoms with Gasteiger partial charge in [0.2, 0.25) is 0 Å². The number of aromatic nitrogens is 2. The van der Waals surface area contributed by atoms with Gasteiger partial charge in [-0.2, -0.15) is 0 Å². The minimum absolute atomic E-state index is 0.0688. The van der Waals surface area contributed by atoms with Crippen LogP contribution in [0.25, 0.3) is 11.0 Å². The van der Waals surface area contributed by atoms with Gasteiger partial charge in [0, 0.05) is 5.69 Å². The third-order valence-corrected chi connectivity index (χ3v) is 4.92. The van der Waals surface area contributed by atoms with E-state index in [4.69, 9.17) is 4.74 Å². The van der Waals surface area contributed by atoms with Gasteiger partial charge in [0.25, 0.3) is 15.6 Å². The lowest BCUT2D eigenvalue weighted by atomic mass is 10.2. The molecular weight excluding hydrogens is 358 g/mol. The van der Waals surface area contributed by atoms with Crippen molar-refractivity contribution in [2.24, 2.45) is 0 Å². The van der Waals surface area contributed by atoms with Crippen molar-refractivity contribution in [2.75, 3.05) is 11.3 Å². The summed E-state index contributed by atoms with van der Waals surface area (Å²) >= 11 is 0. The molecule has 0 unspecified atom stereocenters. The fraction of sp³-hybridized carbons (Fsp3) is 0.118. The molecule has 0 aliphatic heterocycles. The molecule has 0 spiro atoms. The molecule has 3 aromatic rings. The number of carbonyl (C=O) groups is 1. The summed E-state index contributed by atoms with van der Waals surface area (Å²) < 4.78 is 32.7. The van der Waals surface area contributed by atoms with Crippen molar-refractivity contribution in [1.29, 1.82) is 0 Å². The van der Waals surface area contributed by atoms with E-state index in [1.54, 1.807) is 13.0 Å². The molecule has 0 fully saturated rings. The van der Waals surface area contributed by atoms with Gasteiger partial charge in [-0.3, -0.25) is 9.52 Å². The Labute approximate surface area is 148 Å². The van der Waals surface area contributed by atoms with Crippen molar-refractivity contribution < 1.29 is 17.9 Å². The zero-order valence-electron chi connectivity index (χ0n) is 13.7. The number of anilines is 1. The summed E-state index contributed by atoms with van der Waals surface area (Å²) in [7, 11) is -3.95. The first kappa shape index (κ1) is 17.6. The zero-order chi connectivity index (χ0) is 18.7. The molecular formula is C17H15N3O5S. The van der Waals surface area contributed by atoms with Crippen molar-refractivity contribution >= 4 is 32.7 Å². The fourth-order valence-electron chi connectivity index (χ4n) is 2.36. The Morgan fingerprint density at radius 2 is 1.92 bits per heavy atom. The van der Waals surface area contributed by atoms with Gasteiger partial charge in [0.1, 0.15) is 10.4 Å². The Kier molecular flexibility index (Phi) is 4.72. The maximum Gasteiger partial charge on any atom is 0.338 e. The summed E-state index contributed by atoms with van der Waals surface area (Å²) in [4.78, 5) is 29.4. The van der Waals surface area contributed by atoms with E-state index < -0.39 is 21.6 Å². The summed E-state index contributed by atoms with van der Waals surface area (Å²) in [6.07, 6.45) is 1.02. The molecule has 0 bridgehead atoms. The van der Waals surface area contributed by atoms with Gasteiger partial charge in [-0.1, -0.05) is 6.07 Å². The number of ether oxygens (including phenoxy) is 1. The van der Waals surface area contributed by atoms with E-state index in [1.807, 2.05) is 0 Å². The van der Waals surface area contributed by atoms with Crippen LogP contribution in [0.2, 0.25) is 0 Å². The SMILES string of the molecule is CCOC(=O)c1ccc(NS(=O)(=O)c2cccc3[nH]c(=O)cnc23)cc1. The van der Waals surface area contributed by atoms with E-state index in [2.05, 4.69) is 14.7 Å². The van der Waals surface area contributed by atoms with Crippen molar-refractivity contribution in [2.45, 2.75) is 11.8 Å². The van der Waals surface area contributed by atoms with E-state index in [0.29, 0.717) is 11.1 Å². The van der Waals surface area contributed by atoms with Gasteiger partial charge in [-0.05, 0) is 43.3 Å². The van der Waals surface area contributed by atoms with E-state index >= 15 is 0 Å². The smallest absolute Gasteiger partial charge is 0.338 e. The number of esters is 1. The standard InChI is InChI=1S/C17H15N3O5S/c1-2-25-17(22)11-6-8-12(9-7-11)20-26(23,24)14-5-3-4-13-16(14)18-10-15(21)19-13/h3-10,20H,2H2,1H3,(H,19,21). The van der Waals surface area contributed by atoms with Gasteiger partial charge >= 0.3 is 5.97 Å². The number of rotatable bonds is 5. The van der Waals surface area contributed by atoms with Gasteiger partial charge in [-0.25, -0.2) is 18.2 Å². The Morgan fingerprint density at radius 1 is 1.19 bits per heavy atom. The second-order valence-electron chi connectivity index (χ2n) is 5.30. The van der Waals surface area contributed by atoms with Gasteiger partial charge in [0.05, 0.1) is 23.9 Å². The lowest BCUT2D eigenvalue weighted by Gasteiger charge is -2.10. The van der Waals surface area contributed by atoms with Crippen molar-refractivity contribution in [3.8, 4) is 0 Å². The average molecular weight is 373 g/mol. The predicted octanol–water partition coefficient (Wildman–Crippen LogP) is 1.90. The minimum Gasteiger partial charge on any atom is -0.462 e. The average Bonchev–Trinajstić information content (AvgIpc) is 2.61. The number of sulfonamides is 1. The molecule has 0 saturated carbocycles. The number of nitrogens with zero attached hydrogens (tertiary/aromatic N) is 1. The molecule has 1 heterocycles. The Balaban J connectivity index is 1.92. The Bertz CT molecular complexity index is 1120. The molecule has 0 amide bonds. The van der Waals surface area contributed by atoms with E-state index in [0.717, 1.165) is 6.20 Å². The lowest BCUT2D eigenvalue weighted by Crippen LogP contribution is -2.15. The molecule has 0 radical (unpaired) electrons. The Hall–Kier alpha value is -3.20. The molecule has 26 heavy (non-hydrogen) atoms. The number of H-pyrrole nitrogens is 1. The summed E-state index contributed by atoms with van der Waals surface area (Å²) in [5.41, 5.74) is 0.647.